The van der Waals surface area contributed by atoms with Gasteiger partial charge in [0.1, 0.15) is 23.6 Å². The first-order valence-electron chi connectivity index (χ1n) is 12.1. The van der Waals surface area contributed by atoms with E-state index < -0.39 is 71.8 Å². The Bertz CT molecular complexity index is 1500. The number of anilines is 1. The van der Waals surface area contributed by atoms with Gasteiger partial charge in [-0.15, -0.1) is 0 Å². The molecule has 1 saturated heterocycles. The quantitative estimate of drug-likeness (QED) is 0.451. The van der Waals surface area contributed by atoms with E-state index in [1.54, 1.807) is 0 Å². The van der Waals surface area contributed by atoms with Crippen molar-refractivity contribution in [3.05, 3.63) is 35.3 Å². The van der Waals surface area contributed by atoms with E-state index in [4.69, 9.17) is 10.5 Å². The highest BCUT2D eigenvalue weighted by atomic mass is 19.4. The SMILES string of the molecule is COc1nc(C)c(-c2cc(C(F)(F)F)c3c(N)ncnn23)cc1C(=O)N[C@@H]1CN(C(=O)C2CC(F)(F)C2)C[C@@H]1F. The van der Waals surface area contributed by atoms with Gasteiger partial charge in [0.25, 0.3) is 5.91 Å². The molecule has 0 aromatic carbocycles. The maximum Gasteiger partial charge on any atom is 0.418 e. The maximum absolute atomic E-state index is 14.8. The first-order chi connectivity index (χ1) is 18.7. The highest BCUT2D eigenvalue weighted by Gasteiger charge is 2.51. The van der Waals surface area contributed by atoms with E-state index >= 15 is 0 Å². The van der Waals surface area contributed by atoms with Crippen molar-refractivity contribution in [2.45, 2.75) is 44.1 Å². The average molecular weight is 571 g/mol. The standard InChI is InChI=1S/C24H23F6N7O3/c1-10-12(17-4-14(24(28,29)30)18-19(31)32-9-33-37(17)18)3-13(21(34-10)40-2)20(38)35-16-8-36(7-15(16)25)22(39)11-5-23(26,27)6-11/h3-4,9,11,15-16H,5-8H2,1-2H3,(H,35,38)(H2,31,32,33)/t15-,16+/m0/s1. The molecule has 214 valence electrons. The van der Waals surface area contributed by atoms with Gasteiger partial charge in [0, 0.05) is 30.9 Å². The van der Waals surface area contributed by atoms with Crippen molar-refractivity contribution in [1.82, 2.24) is 29.8 Å². The summed E-state index contributed by atoms with van der Waals surface area (Å²) in [6.07, 6.45) is -6.71. The van der Waals surface area contributed by atoms with Gasteiger partial charge in [-0.2, -0.15) is 18.3 Å². The number of nitrogen functional groups attached to an aromatic ring is 1. The molecule has 3 N–H and O–H groups in total. The second kappa shape index (κ2) is 9.52. The van der Waals surface area contributed by atoms with Crippen LogP contribution in [0.3, 0.4) is 0 Å². The van der Waals surface area contributed by atoms with Crippen LogP contribution in [0.4, 0.5) is 32.2 Å². The molecular weight excluding hydrogens is 548 g/mol. The van der Waals surface area contributed by atoms with Gasteiger partial charge in [-0.25, -0.2) is 27.7 Å². The summed E-state index contributed by atoms with van der Waals surface area (Å²) in [4.78, 5) is 34.7. The number of fused-ring (bicyclic) bond motifs is 1. The molecule has 1 aliphatic heterocycles. The lowest BCUT2D eigenvalue weighted by atomic mass is 9.80. The number of hydrogen-bond donors (Lipinski definition) is 2. The normalized spacial score (nSPS) is 20.9. The van der Waals surface area contributed by atoms with Gasteiger partial charge in [0.2, 0.25) is 17.7 Å². The van der Waals surface area contributed by atoms with Crippen molar-refractivity contribution in [3.63, 3.8) is 0 Å². The van der Waals surface area contributed by atoms with Crippen molar-refractivity contribution in [2.75, 3.05) is 25.9 Å². The largest absolute Gasteiger partial charge is 0.480 e. The number of nitrogens with two attached hydrogens (primary N) is 1. The molecule has 0 unspecified atom stereocenters. The Morgan fingerprint density at radius 1 is 1.20 bits per heavy atom. The van der Waals surface area contributed by atoms with E-state index in [0.29, 0.717) is 0 Å². The minimum absolute atomic E-state index is 0.0838. The Balaban J connectivity index is 1.45. The van der Waals surface area contributed by atoms with Gasteiger partial charge in [0.15, 0.2) is 5.82 Å². The molecule has 40 heavy (non-hydrogen) atoms. The van der Waals surface area contributed by atoms with Crippen LogP contribution in [0.15, 0.2) is 18.5 Å². The van der Waals surface area contributed by atoms with E-state index in [2.05, 4.69) is 20.4 Å². The van der Waals surface area contributed by atoms with Crippen LogP contribution in [0.1, 0.15) is 34.5 Å². The number of amides is 2. The van der Waals surface area contributed by atoms with Gasteiger partial charge in [0.05, 0.1) is 36.6 Å². The van der Waals surface area contributed by atoms with Crippen LogP contribution >= 0.6 is 0 Å². The van der Waals surface area contributed by atoms with Crippen molar-refractivity contribution in [2.24, 2.45) is 5.92 Å². The summed E-state index contributed by atoms with van der Waals surface area (Å²) in [6.45, 7) is 0.868. The Hall–Kier alpha value is -4.11. The number of alkyl halides is 6. The fraction of sp³-hybridized carbons (Fsp3) is 0.458. The van der Waals surface area contributed by atoms with Crippen molar-refractivity contribution in [3.8, 4) is 17.1 Å². The number of likely N-dealkylation sites (tertiary alicyclic amines) is 1. The molecule has 3 aromatic rings. The zero-order chi connectivity index (χ0) is 29.1. The number of rotatable bonds is 5. The molecule has 3 aromatic heterocycles. The molecule has 1 saturated carbocycles. The van der Waals surface area contributed by atoms with E-state index in [1.165, 1.54) is 20.1 Å². The molecule has 10 nitrogen and oxygen atoms in total. The molecule has 1 aliphatic carbocycles. The van der Waals surface area contributed by atoms with E-state index in [0.717, 1.165) is 21.8 Å². The molecule has 2 amide bonds. The van der Waals surface area contributed by atoms with Crippen molar-refractivity contribution in [1.29, 1.82) is 0 Å². The first kappa shape index (κ1) is 27.5. The van der Waals surface area contributed by atoms with E-state index in [9.17, 15) is 35.9 Å². The number of carbonyl (C=O) groups is 2. The van der Waals surface area contributed by atoms with Crippen molar-refractivity contribution >= 4 is 23.1 Å². The summed E-state index contributed by atoms with van der Waals surface area (Å²) < 4.78 is 88.7. The molecule has 0 spiro atoms. The number of aryl methyl sites for hydroxylation is 1. The predicted molar refractivity (Wildman–Crippen MR) is 127 cm³/mol. The second-order valence-electron chi connectivity index (χ2n) is 9.83. The number of nitrogens with one attached hydrogen (secondary N) is 1. The highest BCUT2D eigenvalue weighted by Crippen LogP contribution is 2.44. The van der Waals surface area contributed by atoms with Gasteiger partial charge in [-0.1, -0.05) is 0 Å². The van der Waals surface area contributed by atoms with E-state index in [-0.39, 0.29) is 41.5 Å². The molecule has 5 rings (SSSR count). The molecule has 2 fully saturated rings. The molecular formula is C24H23F6N7O3. The zero-order valence-electron chi connectivity index (χ0n) is 21.1. The van der Waals surface area contributed by atoms with Crippen LogP contribution in [-0.2, 0) is 11.0 Å². The molecule has 2 aliphatic rings. The number of methoxy groups -OCH3 is 1. The molecule has 2 atom stereocenters. The van der Waals surface area contributed by atoms with Gasteiger partial charge < -0.3 is 20.7 Å². The summed E-state index contributed by atoms with van der Waals surface area (Å²) in [5, 5.41) is 6.36. The fourth-order valence-corrected chi connectivity index (χ4v) is 5.06. The van der Waals surface area contributed by atoms with Crippen LogP contribution < -0.4 is 15.8 Å². The molecule has 16 heteroatoms. The summed E-state index contributed by atoms with van der Waals surface area (Å²) in [7, 11) is 1.23. The summed E-state index contributed by atoms with van der Waals surface area (Å²) in [6, 6.07) is 0.878. The number of pyridine rings is 1. The zero-order valence-corrected chi connectivity index (χ0v) is 21.1. The lowest BCUT2D eigenvalue weighted by molar-refractivity contribution is -0.159. The maximum atomic E-state index is 14.8. The third-order valence-electron chi connectivity index (χ3n) is 7.10. The fourth-order valence-electron chi connectivity index (χ4n) is 5.06. The average Bonchev–Trinajstić information content (AvgIpc) is 3.43. The molecule has 0 radical (unpaired) electrons. The molecule has 4 heterocycles. The summed E-state index contributed by atoms with van der Waals surface area (Å²) in [5.74, 6) is -5.89. The second-order valence-corrected chi connectivity index (χ2v) is 9.83. The number of aromatic nitrogens is 4. The van der Waals surface area contributed by atoms with Crippen molar-refractivity contribution < 1.29 is 40.7 Å². The Morgan fingerprint density at radius 2 is 1.90 bits per heavy atom. The minimum Gasteiger partial charge on any atom is -0.480 e. The number of hydrogen-bond acceptors (Lipinski definition) is 7. The smallest absolute Gasteiger partial charge is 0.418 e. The van der Waals surface area contributed by atoms with E-state index in [1.807, 2.05) is 0 Å². The minimum atomic E-state index is -4.80. The third kappa shape index (κ3) is 4.75. The van der Waals surface area contributed by atoms with Gasteiger partial charge in [-0.05, 0) is 19.1 Å². The summed E-state index contributed by atoms with van der Waals surface area (Å²) in [5.41, 5.74) is 4.11. The predicted octanol–water partition coefficient (Wildman–Crippen LogP) is 3.03. The van der Waals surface area contributed by atoms with Crippen LogP contribution in [0.2, 0.25) is 0 Å². The van der Waals surface area contributed by atoms with Gasteiger partial charge >= 0.3 is 6.18 Å². The number of halogens is 6. The monoisotopic (exact) mass is 571 g/mol. The lowest BCUT2D eigenvalue weighted by Crippen LogP contribution is -2.47. The first-order valence-corrected chi connectivity index (χ1v) is 12.1. The van der Waals surface area contributed by atoms with Gasteiger partial charge in [-0.3, -0.25) is 9.59 Å². The molecule has 0 bridgehead atoms. The number of carbonyl (C=O) groups excluding carboxylic acids is 2. The number of ether oxygens (including phenoxy) is 1. The van der Waals surface area contributed by atoms with Crippen LogP contribution in [-0.4, -0.2) is 74.6 Å². The number of nitrogens with zero attached hydrogens (tertiary/aromatic N) is 5. The summed E-state index contributed by atoms with van der Waals surface area (Å²) >= 11 is 0. The highest BCUT2D eigenvalue weighted by molar-refractivity contribution is 5.98. The van der Waals surface area contributed by atoms with Crippen LogP contribution in [0.5, 0.6) is 5.88 Å². The van der Waals surface area contributed by atoms with Crippen LogP contribution in [0, 0.1) is 12.8 Å². The Labute approximate surface area is 222 Å². The lowest BCUT2D eigenvalue weighted by Gasteiger charge is -2.36. The Morgan fingerprint density at radius 3 is 2.52 bits per heavy atom. The topological polar surface area (TPSA) is 128 Å². The Kier molecular flexibility index (Phi) is 6.53. The third-order valence-corrected chi connectivity index (χ3v) is 7.10. The van der Waals surface area contributed by atoms with Crippen LogP contribution in [0.25, 0.3) is 16.8 Å².